The van der Waals surface area contributed by atoms with Gasteiger partial charge in [0.25, 0.3) is 5.91 Å². The molecule has 0 aliphatic rings. The summed E-state index contributed by atoms with van der Waals surface area (Å²) >= 11 is 3.45. The first-order chi connectivity index (χ1) is 11.6. The normalized spacial score (nSPS) is 12.1. The van der Waals surface area contributed by atoms with E-state index in [1.165, 1.54) is 0 Å². The van der Waals surface area contributed by atoms with Gasteiger partial charge in [-0.3, -0.25) is 4.79 Å². The van der Waals surface area contributed by atoms with E-state index in [0.717, 1.165) is 15.2 Å². The van der Waals surface area contributed by atoms with E-state index < -0.39 is 0 Å². The maximum atomic E-state index is 12.0. The summed E-state index contributed by atoms with van der Waals surface area (Å²) in [5.74, 6) is 0.542. The summed E-state index contributed by atoms with van der Waals surface area (Å²) in [6.07, 6.45) is 5.31. The number of carbonyl (C=O) groups is 1. The number of aromatic nitrogens is 2. The van der Waals surface area contributed by atoms with Crippen molar-refractivity contribution >= 4 is 32.6 Å². The summed E-state index contributed by atoms with van der Waals surface area (Å²) in [6, 6.07) is 11.8. The number of hydrogen-bond acceptors (Lipinski definition) is 3. The van der Waals surface area contributed by atoms with Crippen LogP contribution in [0.5, 0.6) is 5.75 Å². The molecule has 1 aromatic heterocycles. The number of imidazole rings is 1. The molecule has 0 bridgehead atoms. The highest BCUT2D eigenvalue weighted by molar-refractivity contribution is 9.10. The van der Waals surface area contributed by atoms with Crippen LogP contribution >= 0.6 is 15.9 Å². The Hall–Kier alpha value is -2.34. The van der Waals surface area contributed by atoms with E-state index in [0.29, 0.717) is 12.3 Å². The number of hydrogen-bond donors (Lipinski definition) is 1. The number of benzene rings is 2. The number of amides is 1. The lowest BCUT2D eigenvalue weighted by atomic mass is 10.1. The third-order valence-corrected chi connectivity index (χ3v) is 4.09. The zero-order chi connectivity index (χ0) is 16.9. The van der Waals surface area contributed by atoms with Crippen LogP contribution in [0.4, 0.5) is 0 Å². The molecule has 0 saturated heterocycles. The molecular weight excluding hydrogens is 370 g/mol. The average molecular weight is 388 g/mol. The lowest BCUT2D eigenvalue weighted by Gasteiger charge is -2.15. The molecule has 2 aromatic carbocycles. The van der Waals surface area contributed by atoms with Crippen molar-refractivity contribution < 1.29 is 9.53 Å². The fourth-order valence-corrected chi connectivity index (χ4v) is 2.89. The number of fused-ring (bicyclic) bond motifs is 1. The Morgan fingerprint density at radius 2 is 2.08 bits per heavy atom. The van der Waals surface area contributed by atoms with Crippen molar-refractivity contribution in [1.29, 1.82) is 0 Å². The highest BCUT2D eigenvalue weighted by Crippen LogP contribution is 2.24. The fourth-order valence-electron chi connectivity index (χ4n) is 2.51. The maximum Gasteiger partial charge on any atom is 0.258 e. The topological polar surface area (TPSA) is 56.2 Å². The van der Waals surface area contributed by atoms with Crippen molar-refractivity contribution in [3.63, 3.8) is 0 Å². The van der Waals surface area contributed by atoms with Crippen molar-refractivity contribution in [3.05, 3.63) is 59.6 Å². The summed E-state index contributed by atoms with van der Waals surface area (Å²) in [5.41, 5.74) is 0. The van der Waals surface area contributed by atoms with E-state index in [-0.39, 0.29) is 18.6 Å². The van der Waals surface area contributed by atoms with Crippen LogP contribution in [0.2, 0.25) is 0 Å². The lowest BCUT2D eigenvalue weighted by Crippen LogP contribution is -2.38. The number of nitrogens with zero attached hydrogens (tertiary/aromatic N) is 2. The molecule has 0 radical (unpaired) electrons. The summed E-state index contributed by atoms with van der Waals surface area (Å²) in [6.45, 7) is 2.62. The first-order valence-electron chi connectivity index (χ1n) is 7.67. The van der Waals surface area contributed by atoms with Crippen molar-refractivity contribution in [2.24, 2.45) is 0 Å². The minimum atomic E-state index is -0.140. The standard InChI is InChI=1S/C18H18BrN3O2/c1-13(10-22-7-6-20-12-22)21-18(23)11-24-17-5-3-14-8-16(19)4-2-15(14)9-17/h2-9,12-13H,10-11H2,1H3,(H,21,23). The molecule has 3 rings (SSSR count). The Labute approximate surface area is 148 Å². The van der Waals surface area contributed by atoms with E-state index >= 15 is 0 Å². The molecule has 1 amide bonds. The Balaban J connectivity index is 1.53. The van der Waals surface area contributed by atoms with Gasteiger partial charge in [-0.2, -0.15) is 0 Å². The van der Waals surface area contributed by atoms with Crippen LogP contribution in [0.15, 0.2) is 59.6 Å². The van der Waals surface area contributed by atoms with Crippen molar-refractivity contribution in [2.75, 3.05) is 6.61 Å². The molecule has 1 heterocycles. The van der Waals surface area contributed by atoms with Gasteiger partial charge in [-0.25, -0.2) is 4.98 Å². The van der Waals surface area contributed by atoms with E-state index in [1.54, 1.807) is 12.5 Å². The predicted molar refractivity (Wildman–Crippen MR) is 97.0 cm³/mol. The minimum absolute atomic E-state index is 0.00367. The quantitative estimate of drug-likeness (QED) is 0.705. The highest BCUT2D eigenvalue weighted by atomic mass is 79.9. The van der Waals surface area contributed by atoms with Gasteiger partial charge in [-0.1, -0.05) is 28.1 Å². The molecule has 124 valence electrons. The Kier molecular flexibility index (Phi) is 5.15. The smallest absolute Gasteiger partial charge is 0.258 e. The van der Waals surface area contributed by atoms with E-state index in [4.69, 9.17) is 4.74 Å². The molecule has 1 unspecified atom stereocenters. The fraction of sp³-hybridized carbons (Fsp3) is 0.222. The number of nitrogens with one attached hydrogen (secondary N) is 1. The number of rotatable bonds is 6. The monoisotopic (exact) mass is 387 g/mol. The third kappa shape index (κ3) is 4.35. The maximum absolute atomic E-state index is 12.0. The van der Waals surface area contributed by atoms with Crippen LogP contribution in [-0.4, -0.2) is 28.1 Å². The largest absolute Gasteiger partial charge is 0.484 e. The number of ether oxygens (including phenoxy) is 1. The molecule has 3 aromatic rings. The minimum Gasteiger partial charge on any atom is -0.484 e. The van der Waals surface area contributed by atoms with Crippen LogP contribution in [0, 0.1) is 0 Å². The predicted octanol–water partition coefficient (Wildman–Crippen LogP) is 3.38. The van der Waals surface area contributed by atoms with E-state index in [1.807, 2.05) is 54.1 Å². The van der Waals surface area contributed by atoms with Gasteiger partial charge in [0.05, 0.1) is 6.33 Å². The van der Waals surface area contributed by atoms with Crippen molar-refractivity contribution in [1.82, 2.24) is 14.9 Å². The SMILES string of the molecule is CC(Cn1ccnc1)NC(=O)COc1ccc2cc(Br)ccc2c1. The first kappa shape index (κ1) is 16.5. The molecule has 0 saturated carbocycles. The molecule has 6 heteroatoms. The van der Waals surface area contributed by atoms with Gasteiger partial charge in [-0.05, 0) is 42.0 Å². The second-order valence-electron chi connectivity index (χ2n) is 5.67. The van der Waals surface area contributed by atoms with E-state index in [9.17, 15) is 4.79 Å². The molecule has 1 N–H and O–H groups in total. The highest BCUT2D eigenvalue weighted by Gasteiger charge is 2.09. The van der Waals surface area contributed by atoms with Crippen molar-refractivity contribution in [3.8, 4) is 5.75 Å². The van der Waals surface area contributed by atoms with Crippen molar-refractivity contribution in [2.45, 2.75) is 19.5 Å². The first-order valence-corrected chi connectivity index (χ1v) is 8.47. The second kappa shape index (κ2) is 7.49. The molecule has 24 heavy (non-hydrogen) atoms. The zero-order valence-electron chi connectivity index (χ0n) is 13.3. The van der Waals surface area contributed by atoms with Crippen LogP contribution in [0.1, 0.15) is 6.92 Å². The van der Waals surface area contributed by atoms with Crippen LogP contribution in [0.3, 0.4) is 0 Å². The second-order valence-corrected chi connectivity index (χ2v) is 6.59. The van der Waals surface area contributed by atoms with Gasteiger partial charge in [0.15, 0.2) is 6.61 Å². The summed E-state index contributed by atoms with van der Waals surface area (Å²) in [5, 5.41) is 5.11. The number of carbonyl (C=O) groups excluding carboxylic acids is 1. The molecule has 5 nitrogen and oxygen atoms in total. The van der Waals surface area contributed by atoms with Crippen LogP contribution < -0.4 is 10.1 Å². The molecule has 1 atom stereocenters. The van der Waals surface area contributed by atoms with Gasteiger partial charge < -0.3 is 14.6 Å². The van der Waals surface area contributed by atoms with Gasteiger partial charge in [0, 0.05) is 29.5 Å². The van der Waals surface area contributed by atoms with Gasteiger partial charge in [0.2, 0.25) is 0 Å². The zero-order valence-corrected chi connectivity index (χ0v) is 14.9. The average Bonchev–Trinajstić information content (AvgIpc) is 3.05. The third-order valence-electron chi connectivity index (χ3n) is 3.59. The Morgan fingerprint density at radius 3 is 2.88 bits per heavy atom. The summed E-state index contributed by atoms with van der Waals surface area (Å²) in [7, 11) is 0. The number of halogens is 1. The molecule has 0 fully saturated rings. The molecule has 0 aliphatic heterocycles. The van der Waals surface area contributed by atoms with Gasteiger partial charge in [-0.15, -0.1) is 0 Å². The molecule has 0 spiro atoms. The van der Waals surface area contributed by atoms with Gasteiger partial charge >= 0.3 is 0 Å². The van der Waals surface area contributed by atoms with Crippen LogP contribution in [0.25, 0.3) is 10.8 Å². The Morgan fingerprint density at radius 1 is 1.29 bits per heavy atom. The summed E-state index contributed by atoms with van der Waals surface area (Å²) in [4.78, 5) is 16.0. The molecule has 0 aliphatic carbocycles. The molecular formula is C18H18BrN3O2. The van der Waals surface area contributed by atoms with E-state index in [2.05, 4.69) is 26.2 Å². The van der Waals surface area contributed by atoms with Gasteiger partial charge in [0.1, 0.15) is 5.75 Å². The Bertz CT molecular complexity index is 833. The lowest BCUT2D eigenvalue weighted by molar-refractivity contribution is -0.123. The van der Waals surface area contributed by atoms with Crippen LogP contribution in [-0.2, 0) is 11.3 Å². The summed E-state index contributed by atoms with van der Waals surface area (Å²) < 4.78 is 8.56.